The summed E-state index contributed by atoms with van der Waals surface area (Å²) < 4.78 is 59.7. The lowest BCUT2D eigenvalue weighted by atomic mass is 10.2. The van der Waals surface area contributed by atoms with Crippen LogP contribution in [0.25, 0.3) is 16.7 Å². The first kappa shape index (κ1) is 19.3. The first-order chi connectivity index (χ1) is 14.2. The van der Waals surface area contributed by atoms with Crippen LogP contribution >= 0.6 is 0 Å². The van der Waals surface area contributed by atoms with Gasteiger partial charge in [-0.1, -0.05) is 11.3 Å². The van der Waals surface area contributed by atoms with Gasteiger partial charge in [0.25, 0.3) is 5.91 Å². The molecule has 0 aliphatic carbocycles. The molecule has 30 heavy (non-hydrogen) atoms. The van der Waals surface area contributed by atoms with Crippen LogP contribution in [0, 0.1) is 5.82 Å². The second-order valence-electron chi connectivity index (χ2n) is 6.14. The molecule has 4 aromatic rings. The number of rotatable bonds is 3. The van der Waals surface area contributed by atoms with Gasteiger partial charge in [-0.3, -0.25) is 4.79 Å². The highest BCUT2D eigenvalue weighted by molar-refractivity contribution is 6.04. The summed E-state index contributed by atoms with van der Waals surface area (Å²) in [6.45, 7) is 0. The number of halogens is 4. The molecule has 0 aliphatic rings. The van der Waals surface area contributed by atoms with Gasteiger partial charge in [0, 0.05) is 17.1 Å². The number of hydrogen-bond acceptors (Lipinski definition) is 5. The minimum atomic E-state index is -4.99. The SMILES string of the molecule is O=C(Nc1ccc2oc(=O)ccc2c1)c1nnn(-c2cccc(F)c2)c1C(F)(F)F. The van der Waals surface area contributed by atoms with E-state index >= 15 is 0 Å². The third kappa shape index (κ3) is 3.64. The maximum absolute atomic E-state index is 13.7. The lowest BCUT2D eigenvalue weighted by molar-refractivity contribution is -0.143. The summed E-state index contributed by atoms with van der Waals surface area (Å²) in [7, 11) is 0. The fraction of sp³-hybridized carbons (Fsp3) is 0.0526. The Morgan fingerprint density at radius 3 is 2.60 bits per heavy atom. The van der Waals surface area contributed by atoms with Gasteiger partial charge in [-0.2, -0.15) is 13.2 Å². The minimum absolute atomic E-state index is 0.148. The summed E-state index contributed by atoms with van der Waals surface area (Å²) in [4.78, 5) is 23.7. The molecule has 152 valence electrons. The maximum atomic E-state index is 13.7. The second kappa shape index (κ2) is 7.10. The Balaban J connectivity index is 1.72. The molecule has 0 unspecified atom stereocenters. The highest BCUT2D eigenvalue weighted by atomic mass is 19.4. The van der Waals surface area contributed by atoms with E-state index in [1.807, 2.05) is 0 Å². The van der Waals surface area contributed by atoms with Gasteiger partial charge >= 0.3 is 11.8 Å². The highest BCUT2D eigenvalue weighted by Gasteiger charge is 2.42. The van der Waals surface area contributed by atoms with Crippen LogP contribution in [0.2, 0.25) is 0 Å². The number of nitrogens with zero attached hydrogens (tertiary/aromatic N) is 3. The summed E-state index contributed by atoms with van der Waals surface area (Å²) in [5, 5.41) is 9.50. The van der Waals surface area contributed by atoms with Gasteiger partial charge in [0.05, 0.1) is 5.69 Å². The van der Waals surface area contributed by atoms with Crippen molar-refractivity contribution in [3.8, 4) is 5.69 Å². The number of amides is 1. The van der Waals surface area contributed by atoms with Gasteiger partial charge < -0.3 is 9.73 Å². The Morgan fingerprint density at radius 1 is 1.07 bits per heavy atom. The summed E-state index contributed by atoms with van der Waals surface area (Å²) in [6.07, 6.45) is -4.99. The average Bonchev–Trinajstić information content (AvgIpc) is 3.14. The van der Waals surface area contributed by atoms with E-state index in [0.717, 1.165) is 12.1 Å². The molecule has 0 atom stereocenters. The molecule has 2 aromatic heterocycles. The van der Waals surface area contributed by atoms with Crippen LogP contribution < -0.4 is 10.9 Å². The van der Waals surface area contributed by atoms with Crippen LogP contribution in [0.5, 0.6) is 0 Å². The molecule has 2 aromatic carbocycles. The number of aromatic nitrogens is 3. The van der Waals surface area contributed by atoms with Gasteiger partial charge in [-0.15, -0.1) is 5.10 Å². The van der Waals surface area contributed by atoms with Crippen LogP contribution in [0.4, 0.5) is 23.2 Å². The van der Waals surface area contributed by atoms with E-state index in [1.54, 1.807) is 0 Å². The molecule has 0 radical (unpaired) electrons. The van der Waals surface area contributed by atoms with E-state index in [-0.39, 0.29) is 17.0 Å². The Kier molecular flexibility index (Phi) is 4.57. The third-order valence-corrected chi connectivity index (χ3v) is 4.08. The fourth-order valence-corrected chi connectivity index (χ4v) is 2.82. The van der Waals surface area contributed by atoms with Crippen LogP contribution in [-0.2, 0) is 6.18 Å². The van der Waals surface area contributed by atoms with E-state index in [1.165, 1.54) is 42.5 Å². The lowest BCUT2D eigenvalue weighted by Gasteiger charge is -2.11. The van der Waals surface area contributed by atoms with Crippen LogP contribution in [-0.4, -0.2) is 20.9 Å². The molecule has 7 nitrogen and oxygen atoms in total. The number of nitrogens with one attached hydrogen (secondary N) is 1. The number of carbonyl (C=O) groups is 1. The standard InChI is InChI=1S/C19H10F4N4O3/c20-11-2-1-3-13(9-11)27-17(19(21,22)23)16(25-26-27)18(29)24-12-5-6-14-10(8-12)4-7-15(28)30-14/h1-9H,(H,24,29). The minimum Gasteiger partial charge on any atom is -0.423 e. The van der Waals surface area contributed by atoms with Crippen molar-refractivity contribution in [3.05, 3.63) is 82.2 Å². The number of carbonyl (C=O) groups excluding carboxylic acids is 1. The molecule has 2 heterocycles. The molecule has 0 fully saturated rings. The summed E-state index contributed by atoms with van der Waals surface area (Å²) in [5.41, 5.74) is -2.84. The molecule has 1 N–H and O–H groups in total. The van der Waals surface area contributed by atoms with E-state index in [4.69, 9.17) is 4.42 Å². The summed E-state index contributed by atoms with van der Waals surface area (Å²) in [5.74, 6) is -1.94. The summed E-state index contributed by atoms with van der Waals surface area (Å²) >= 11 is 0. The van der Waals surface area contributed by atoms with E-state index in [9.17, 15) is 27.2 Å². The highest BCUT2D eigenvalue weighted by Crippen LogP contribution is 2.33. The predicted molar refractivity (Wildman–Crippen MR) is 96.8 cm³/mol. The monoisotopic (exact) mass is 418 g/mol. The van der Waals surface area contributed by atoms with Gasteiger partial charge in [0.2, 0.25) is 0 Å². The second-order valence-corrected chi connectivity index (χ2v) is 6.14. The molecule has 1 amide bonds. The molecule has 0 spiro atoms. The zero-order chi connectivity index (χ0) is 21.5. The number of anilines is 1. The lowest BCUT2D eigenvalue weighted by Crippen LogP contribution is -2.21. The van der Waals surface area contributed by atoms with Crippen molar-refractivity contribution in [3.63, 3.8) is 0 Å². The molecule has 0 aliphatic heterocycles. The molecule has 11 heteroatoms. The third-order valence-electron chi connectivity index (χ3n) is 4.08. The molecule has 4 rings (SSSR count). The van der Waals surface area contributed by atoms with E-state index < -0.39 is 34.9 Å². The normalized spacial score (nSPS) is 11.6. The Hall–Kier alpha value is -4.02. The molecular weight excluding hydrogens is 408 g/mol. The number of hydrogen-bond donors (Lipinski definition) is 1. The van der Waals surface area contributed by atoms with Crippen molar-refractivity contribution in [2.75, 3.05) is 5.32 Å². The Morgan fingerprint density at radius 2 is 1.87 bits per heavy atom. The molecular formula is C19H10F4N4O3. The quantitative estimate of drug-likeness (QED) is 0.404. The summed E-state index contributed by atoms with van der Waals surface area (Å²) in [6, 6.07) is 11.1. The molecule has 0 saturated carbocycles. The van der Waals surface area contributed by atoms with Gasteiger partial charge in [0.15, 0.2) is 11.4 Å². The van der Waals surface area contributed by atoms with Crippen molar-refractivity contribution in [1.82, 2.24) is 15.0 Å². The van der Waals surface area contributed by atoms with E-state index in [0.29, 0.717) is 10.1 Å². The van der Waals surface area contributed by atoms with Gasteiger partial charge in [0.1, 0.15) is 11.4 Å². The van der Waals surface area contributed by atoms with E-state index in [2.05, 4.69) is 15.6 Å². The van der Waals surface area contributed by atoms with Crippen LogP contribution in [0.1, 0.15) is 16.2 Å². The first-order valence-corrected chi connectivity index (χ1v) is 8.36. The van der Waals surface area contributed by atoms with Crippen LogP contribution in [0.3, 0.4) is 0 Å². The zero-order valence-electron chi connectivity index (χ0n) is 14.8. The zero-order valence-corrected chi connectivity index (χ0v) is 14.8. The van der Waals surface area contributed by atoms with Crippen LogP contribution in [0.15, 0.2) is 63.8 Å². The Labute approximate surface area is 164 Å². The number of alkyl halides is 3. The van der Waals surface area contributed by atoms with Crippen molar-refractivity contribution in [1.29, 1.82) is 0 Å². The Bertz CT molecular complexity index is 1330. The number of benzene rings is 2. The van der Waals surface area contributed by atoms with Gasteiger partial charge in [-0.25, -0.2) is 13.9 Å². The van der Waals surface area contributed by atoms with Crippen molar-refractivity contribution >= 4 is 22.6 Å². The smallest absolute Gasteiger partial charge is 0.423 e. The van der Waals surface area contributed by atoms with Crippen molar-refractivity contribution < 1.29 is 26.8 Å². The van der Waals surface area contributed by atoms with Crippen molar-refractivity contribution in [2.45, 2.75) is 6.18 Å². The fourth-order valence-electron chi connectivity index (χ4n) is 2.82. The topological polar surface area (TPSA) is 90.0 Å². The largest absolute Gasteiger partial charge is 0.435 e. The predicted octanol–water partition coefficient (Wildman–Crippen LogP) is 3.78. The molecule has 0 bridgehead atoms. The maximum Gasteiger partial charge on any atom is 0.435 e. The number of fused-ring (bicyclic) bond motifs is 1. The van der Waals surface area contributed by atoms with Crippen molar-refractivity contribution in [2.24, 2.45) is 0 Å². The first-order valence-electron chi connectivity index (χ1n) is 8.36. The molecule has 0 saturated heterocycles. The average molecular weight is 418 g/mol. The van der Waals surface area contributed by atoms with Gasteiger partial charge in [-0.05, 0) is 42.5 Å².